The standard InChI is InChI=1S/C9H7N.C7H9N.ClH/c1-2-6-9-8(4-1)5-3-7-10-9;8-6-7-4-2-1-3-5-7;/h1-7H;1-5H,6,8H2;1H. The average Bonchev–Trinajstić information content (AvgIpc) is 2.49. The van der Waals surface area contributed by atoms with Gasteiger partial charge in [-0.15, -0.1) is 0 Å². The molecule has 0 saturated heterocycles. The van der Waals surface area contributed by atoms with Crippen LogP contribution in [0.1, 0.15) is 5.56 Å². The molecule has 3 aromatic rings. The normalized spacial score (nSPS) is 9.11. The zero-order valence-corrected chi connectivity index (χ0v) is 11.4. The number of hydrogen-bond donors (Lipinski definition) is 1. The van der Waals surface area contributed by atoms with Crippen LogP contribution in [0.15, 0.2) is 72.9 Å². The Morgan fingerprint density at radius 1 is 0.789 bits per heavy atom. The maximum absolute atomic E-state index is 4.18. The summed E-state index contributed by atoms with van der Waals surface area (Å²) in [7, 11) is 0. The number of benzene rings is 2. The lowest BCUT2D eigenvalue weighted by molar-refractivity contribution is -0.386. The molecule has 0 aliphatic heterocycles. The molecule has 0 saturated carbocycles. The van der Waals surface area contributed by atoms with E-state index < -0.39 is 0 Å². The lowest BCUT2D eigenvalue weighted by atomic mass is 10.2. The van der Waals surface area contributed by atoms with E-state index in [0.717, 1.165) is 12.1 Å². The first-order valence-electron chi connectivity index (χ1n) is 6.03. The first-order chi connectivity index (χ1) is 8.90. The summed E-state index contributed by atoms with van der Waals surface area (Å²) in [5.74, 6) is 0. The van der Waals surface area contributed by atoms with Crippen molar-refractivity contribution in [3.05, 3.63) is 78.5 Å². The molecule has 2 nitrogen and oxygen atoms in total. The third-order valence-corrected chi connectivity index (χ3v) is 2.64. The Balaban J connectivity index is 0.000000185. The third-order valence-electron chi connectivity index (χ3n) is 2.64. The van der Waals surface area contributed by atoms with Crippen molar-refractivity contribution in [2.24, 2.45) is 0 Å². The number of nitrogens with zero attached hydrogens (tertiary/aromatic N) is 1. The van der Waals surface area contributed by atoms with Crippen LogP contribution < -0.4 is 18.1 Å². The van der Waals surface area contributed by atoms with E-state index in [9.17, 15) is 0 Å². The van der Waals surface area contributed by atoms with Crippen molar-refractivity contribution in [3.63, 3.8) is 0 Å². The SMILES string of the molecule is [Cl-].[NH3+]Cc1ccccc1.c1ccc2ncccc2c1. The summed E-state index contributed by atoms with van der Waals surface area (Å²) in [4.78, 5) is 4.18. The molecule has 0 amide bonds. The van der Waals surface area contributed by atoms with Gasteiger partial charge < -0.3 is 18.1 Å². The average molecular weight is 273 g/mol. The minimum absolute atomic E-state index is 0. The van der Waals surface area contributed by atoms with Crippen molar-refractivity contribution >= 4 is 10.9 Å². The van der Waals surface area contributed by atoms with Gasteiger partial charge in [-0.1, -0.05) is 54.6 Å². The highest BCUT2D eigenvalue weighted by molar-refractivity contribution is 5.77. The molecular formula is C16H17ClN2. The molecule has 98 valence electrons. The van der Waals surface area contributed by atoms with Crippen LogP contribution in [0.4, 0.5) is 0 Å². The Labute approximate surface area is 119 Å². The molecule has 0 bridgehead atoms. The number of fused-ring (bicyclic) bond motifs is 1. The second-order valence-corrected chi connectivity index (χ2v) is 3.93. The van der Waals surface area contributed by atoms with Crippen molar-refractivity contribution in [2.75, 3.05) is 0 Å². The molecular weight excluding hydrogens is 256 g/mol. The summed E-state index contributed by atoms with van der Waals surface area (Å²) in [6, 6.07) is 22.3. The monoisotopic (exact) mass is 272 g/mol. The Bertz CT molecular complexity index is 531. The second kappa shape index (κ2) is 8.25. The number of quaternary nitrogens is 1. The van der Waals surface area contributed by atoms with Crippen LogP contribution in [-0.2, 0) is 6.54 Å². The van der Waals surface area contributed by atoms with Gasteiger partial charge in [0.25, 0.3) is 0 Å². The topological polar surface area (TPSA) is 40.5 Å². The minimum atomic E-state index is 0. The van der Waals surface area contributed by atoms with Crippen LogP contribution in [0.3, 0.4) is 0 Å². The Hall–Kier alpha value is -1.90. The predicted octanol–water partition coefficient (Wildman–Crippen LogP) is -0.333. The van der Waals surface area contributed by atoms with Gasteiger partial charge in [-0.3, -0.25) is 4.98 Å². The van der Waals surface area contributed by atoms with E-state index in [1.54, 1.807) is 0 Å². The fraction of sp³-hybridized carbons (Fsp3) is 0.0625. The molecule has 0 aliphatic carbocycles. The second-order valence-electron chi connectivity index (χ2n) is 3.93. The van der Waals surface area contributed by atoms with Gasteiger partial charge in [0, 0.05) is 17.1 Å². The molecule has 1 heterocycles. The molecule has 2 aromatic carbocycles. The van der Waals surface area contributed by atoms with Crippen LogP contribution in [0.25, 0.3) is 10.9 Å². The number of pyridine rings is 1. The van der Waals surface area contributed by atoms with E-state index >= 15 is 0 Å². The van der Waals surface area contributed by atoms with Gasteiger partial charge in [-0.25, -0.2) is 0 Å². The maximum atomic E-state index is 4.18. The van der Waals surface area contributed by atoms with Gasteiger partial charge in [-0.2, -0.15) is 0 Å². The summed E-state index contributed by atoms with van der Waals surface area (Å²) in [6.45, 7) is 0.890. The lowest BCUT2D eigenvalue weighted by Crippen LogP contribution is -3.00. The van der Waals surface area contributed by atoms with E-state index in [2.05, 4.69) is 35.0 Å². The molecule has 0 atom stereocenters. The Kier molecular flexibility index (Phi) is 6.58. The fourth-order valence-electron chi connectivity index (χ4n) is 1.66. The van der Waals surface area contributed by atoms with Crippen LogP contribution in [0, 0.1) is 0 Å². The van der Waals surface area contributed by atoms with Crippen molar-refractivity contribution in [1.82, 2.24) is 4.98 Å². The first kappa shape index (κ1) is 15.2. The van der Waals surface area contributed by atoms with Crippen LogP contribution in [0.2, 0.25) is 0 Å². The number of aromatic nitrogens is 1. The number of hydrogen-bond acceptors (Lipinski definition) is 1. The van der Waals surface area contributed by atoms with Gasteiger partial charge in [0.05, 0.1) is 12.1 Å². The van der Waals surface area contributed by atoms with E-state index in [1.807, 2.05) is 48.7 Å². The van der Waals surface area contributed by atoms with Crippen LogP contribution in [0.5, 0.6) is 0 Å². The van der Waals surface area contributed by atoms with Crippen molar-refractivity contribution in [2.45, 2.75) is 6.54 Å². The van der Waals surface area contributed by atoms with Gasteiger partial charge in [0.1, 0.15) is 0 Å². The van der Waals surface area contributed by atoms with Crippen LogP contribution >= 0.6 is 0 Å². The third kappa shape index (κ3) is 4.70. The molecule has 19 heavy (non-hydrogen) atoms. The summed E-state index contributed by atoms with van der Waals surface area (Å²) >= 11 is 0. The number of rotatable bonds is 1. The quantitative estimate of drug-likeness (QED) is 0.647. The summed E-state index contributed by atoms with van der Waals surface area (Å²) in [5, 5.41) is 1.20. The van der Waals surface area contributed by atoms with Gasteiger partial charge >= 0.3 is 0 Å². The van der Waals surface area contributed by atoms with E-state index in [-0.39, 0.29) is 12.4 Å². The number of halogens is 1. The molecule has 0 fully saturated rings. The minimum Gasteiger partial charge on any atom is -1.00 e. The van der Waals surface area contributed by atoms with Crippen LogP contribution in [-0.4, -0.2) is 4.98 Å². The zero-order valence-electron chi connectivity index (χ0n) is 10.7. The number of para-hydroxylation sites is 1. The fourth-order valence-corrected chi connectivity index (χ4v) is 1.66. The summed E-state index contributed by atoms with van der Waals surface area (Å²) < 4.78 is 0. The molecule has 3 N–H and O–H groups in total. The van der Waals surface area contributed by atoms with Crippen molar-refractivity contribution in [3.8, 4) is 0 Å². The molecule has 0 spiro atoms. The van der Waals surface area contributed by atoms with Gasteiger partial charge in [-0.05, 0) is 12.1 Å². The smallest absolute Gasteiger partial charge is 0.0997 e. The highest BCUT2D eigenvalue weighted by atomic mass is 35.5. The molecule has 0 unspecified atom stereocenters. The van der Waals surface area contributed by atoms with E-state index in [0.29, 0.717) is 0 Å². The van der Waals surface area contributed by atoms with Crippen molar-refractivity contribution < 1.29 is 18.1 Å². The summed E-state index contributed by atoms with van der Waals surface area (Å²) in [6.07, 6.45) is 1.81. The molecule has 0 aliphatic rings. The Morgan fingerprint density at radius 3 is 2.05 bits per heavy atom. The zero-order chi connectivity index (χ0) is 12.6. The summed E-state index contributed by atoms with van der Waals surface area (Å²) in [5.41, 5.74) is 6.11. The van der Waals surface area contributed by atoms with Crippen molar-refractivity contribution in [1.29, 1.82) is 0 Å². The van der Waals surface area contributed by atoms with E-state index in [4.69, 9.17) is 0 Å². The Morgan fingerprint density at radius 2 is 1.42 bits per heavy atom. The highest BCUT2D eigenvalue weighted by Gasteiger charge is 1.86. The largest absolute Gasteiger partial charge is 1.00 e. The van der Waals surface area contributed by atoms with Gasteiger partial charge in [0.15, 0.2) is 0 Å². The highest BCUT2D eigenvalue weighted by Crippen LogP contribution is 2.07. The maximum Gasteiger partial charge on any atom is 0.0997 e. The molecule has 0 radical (unpaired) electrons. The van der Waals surface area contributed by atoms with Gasteiger partial charge in [0.2, 0.25) is 0 Å². The lowest BCUT2D eigenvalue weighted by Gasteiger charge is -1.91. The van der Waals surface area contributed by atoms with E-state index in [1.165, 1.54) is 10.9 Å². The molecule has 3 heteroatoms. The molecule has 3 rings (SSSR count). The molecule has 1 aromatic heterocycles. The predicted molar refractivity (Wildman–Crippen MR) is 74.8 cm³/mol. The first-order valence-corrected chi connectivity index (χ1v) is 6.03.